The fraction of sp³-hybridized carbons (Fsp3) is 0.923. The van der Waals surface area contributed by atoms with Gasteiger partial charge in [-0.3, -0.25) is 4.79 Å². The summed E-state index contributed by atoms with van der Waals surface area (Å²) in [6, 6.07) is 0.307. The van der Waals surface area contributed by atoms with Crippen molar-refractivity contribution in [3.8, 4) is 0 Å². The van der Waals surface area contributed by atoms with Crippen molar-refractivity contribution in [3.63, 3.8) is 0 Å². The summed E-state index contributed by atoms with van der Waals surface area (Å²) in [4.78, 5) is 11.7. The predicted molar refractivity (Wildman–Crippen MR) is 75.2 cm³/mol. The Morgan fingerprint density at radius 3 is 2.82 bits per heavy atom. The second-order valence-corrected chi connectivity index (χ2v) is 6.74. The van der Waals surface area contributed by atoms with Crippen LogP contribution in [0.3, 0.4) is 0 Å². The molecular weight excluding hydrogens is 232 g/mol. The smallest absolute Gasteiger partial charge is 0.237 e. The summed E-state index contributed by atoms with van der Waals surface area (Å²) in [5.74, 6) is 1.03. The minimum absolute atomic E-state index is 0.176. The predicted octanol–water partition coefficient (Wildman–Crippen LogP) is 2.29. The SMILES string of the molecule is CCCCSC1CCC(NC(C)C)(C(N)=O)C1. The van der Waals surface area contributed by atoms with Crippen LogP contribution in [0.1, 0.15) is 52.9 Å². The maximum atomic E-state index is 11.7. The van der Waals surface area contributed by atoms with Crippen LogP contribution in [-0.4, -0.2) is 28.5 Å². The number of unbranched alkanes of at least 4 members (excludes halogenated alkanes) is 1. The Hall–Kier alpha value is -0.220. The number of nitrogens with one attached hydrogen (secondary N) is 1. The van der Waals surface area contributed by atoms with Gasteiger partial charge in [-0.25, -0.2) is 0 Å². The van der Waals surface area contributed by atoms with Crippen molar-refractivity contribution in [2.45, 2.75) is 69.7 Å². The fourth-order valence-electron chi connectivity index (χ4n) is 2.52. The van der Waals surface area contributed by atoms with Crippen LogP contribution in [0.15, 0.2) is 0 Å². The highest BCUT2D eigenvalue weighted by molar-refractivity contribution is 7.99. The molecule has 2 unspecified atom stereocenters. The first kappa shape index (κ1) is 14.8. The summed E-state index contributed by atoms with van der Waals surface area (Å²) in [6.45, 7) is 6.35. The molecule has 1 rings (SSSR count). The molecule has 100 valence electrons. The van der Waals surface area contributed by atoms with E-state index >= 15 is 0 Å². The second kappa shape index (κ2) is 6.64. The van der Waals surface area contributed by atoms with Gasteiger partial charge in [0.1, 0.15) is 0 Å². The molecule has 0 aromatic rings. The Balaban J connectivity index is 2.50. The summed E-state index contributed by atoms with van der Waals surface area (Å²) in [6.07, 6.45) is 5.41. The minimum atomic E-state index is -0.446. The zero-order valence-corrected chi connectivity index (χ0v) is 12.1. The number of primary amides is 1. The Morgan fingerprint density at radius 1 is 1.59 bits per heavy atom. The minimum Gasteiger partial charge on any atom is -0.368 e. The molecule has 3 N–H and O–H groups in total. The molecule has 1 aliphatic carbocycles. The molecule has 0 heterocycles. The highest BCUT2D eigenvalue weighted by atomic mass is 32.2. The topological polar surface area (TPSA) is 55.1 Å². The summed E-state index contributed by atoms with van der Waals surface area (Å²) in [5, 5.41) is 3.98. The van der Waals surface area contributed by atoms with Crippen molar-refractivity contribution < 1.29 is 4.79 Å². The van der Waals surface area contributed by atoms with Gasteiger partial charge < -0.3 is 11.1 Å². The van der Waals surface area contributed by atoms with Crippen molar-refractivity contribution in [2.24, 2.45) is 5.73 Å². The van der Waals surface area contributed by atoms with Gasteiger partial charge in [0.15, 0.2) is 0 Å². The van der Waals surface area contributed by atoms with Gasteiger partial charge in [0.25, 0.3) is 0 Å². The highest BCUT2D eigenvalue weighted by Crippen LogP contribution is 2.37. The number of rotatable bonds is 7. The van der Waals surface area contributed by atoms with Crippen molar-refractivity contribution in [3.05, 3.63) is 0 Å². The van der Waals surface area contributed by atoms with Gasteiger partial charge in [-0.1, -0.05) is 13.3 Å². The van der Waals surface area contributed by atoms with Gasteiger partial charge >= 0.3 is 0 Å². The van der Waals surface area contributed by atoms with Crippen molar-refractivity contribution in [2.75, 3.05) is 5.75 Å². The van der Waals surface area contributed by atoms with E-state index in [1.54, 1.807) is 0 Å². The van der Waals surface area contributed by atoms with Crippen LogP contribution in [0.4, 0.5) is 0 Å². The molecule has 2 atom stereocenters. The fourth-order valence-corrected chi connectivity index (χ4v) is 3.99. The lowest BCUT2D eigenvalue weighted by Gasteiger charge is -2.29. The molecule has 0 aliphatic heterocycles. The van der Waals surface area contributed by atoms with Gasteiger partial charge in [0.05, 0.1) is 5.54 Å². The van der Waals surface area contributed by atoms with Crippen LogP contribution >= 0.6 is 11.8 Å². The monoisotopic (exact) mass is 258 g/mol. The van der Waals surface area contributed by atoms with Gasteiger partial charge in [-0.2, -0.15) is 11.8 Å². The number of amides is 1. The molecule has 0 bridgehead atoms. The van der Waals surface area contributed by atoms with E-state index in [4.69, 9.17) is 5.73 Å². The third-order valence-electron chi connectivity index (χ3n) is 3.36. The maximum Gasteiger partial charge on any atom is 0.237 e. The van der Waals surface area contributed by atoms with E-state index in [9.17, 15) is 4.79 Å². The maximum absolute atomic E-state index is 11.7. The Kier molecular flexibility index (Phi) is 5.80. The van der Waals surface area contributed by atoms with E-state index < -0.39 is 5.54 Å². The van der Waals surface area contributed by atoms with E-state index in [0.29, 0.717) is 11.3 Å². The standard InChI is InChI=1S/C13H26N2OS/c1-4-5-8-17-11-6-7-13(9-11,12(14)16)15-10(2)3/h10-11,15H,4-9H2,1-3H3,(H2,14,16). The van der Waals surface area contributed by atoms with Gasteiger partial charge in [-0.05, 0) is 45.3 Å². The highest BCUT2D eigenvalue weighted by Gasteiger charge is 2.44. The molecule has 0 aromatic heterocycles. The molecule has 4 heteroatoms. The van der Waals surface area contributed by atoms with Crippen LogP contribution in [0, 0.1) is 0 Å². The average Bonchev–Trinajstić information content (AvgIpc) is 2.62. The Morgan fingerprint density at radius 2 is 2.29 bits per heavy atom. The number of carbonyl (C=O) groups excluding carboxylic acids is 1. The summed E-state index contributed by atoms with van der Waals surface area (Å²) < 4.78 is 0. The number of carbonyl (C=O) groups is 1. The lowest BCUT2D eigenvalue weighted by Crippen LogP contribution is -2.56. The van der Waals surface area contributed by atoms with Crippen molar-refractivity contribution in [1.82, 2.24) is 5.32 Å². The third kappa shape index (κ3) is 4.18. The first-order valence-corrected chi connectivity index (χ1v) is 7.74. The van der Waals surface area contributed by atoms with Crippen molar-refractivity contribution >= 4 is 17.7 Å². The summed E-state index contributed by atoms with van der Waals surface area (Å²) >= 11 is 2.01. The molecule has 1 saturated carbocycles. The van der Waals surface area contributed by atoms with Crippen LogP contribution in [0.25, 0.3) is 0 Å². The molecule has 17 heavy (non-hydrogen) atoms. The molecule has 0 radical (unpaired) electrons. The zero-order chi connectivity index (χ0) is 12.9. The van der Waals surface area contributed by atoms with Crippen LogP contribution in [0.2, 0.25) is 0 Å². The lowest BCUT2D eigenvalue weighted by molar-refractivity contribution is -0.124. The quantitative estimate of drug-likeness (QED) is 0.689. The number of hydrogen-bond acceptors (Lipinski definition) is 3. The molecular formula is C13H26N2OS. The van der Waals surface area contributed by atoms with E-state index in [0.717, 1.165) is 19.3 Å². The molecule has 0 aromatic carbocycles. The third-order valence-corrected chi connectivity index (χ3v) is 4.76. The van der Waals surface area contributed by atoms with E-state index in [-0.39, 0.29) is 5.91 Å². The van der Waals surface area contributed by atoms with E-state index in [1.165, 1.54) is 18.6 Å². The molecule has 1 amide bonds. The molecule has 0 saturated heterocycles. The molecule has 0 spiro atoms. The largest absolute Gasteiger partial charge is 0.368 e. The number of hydrogen-bond donors (Lipinski definition) is 2. The number of thioether (sulfide) groups is 1. The van der Waals surface area contributed by atoms with E-state index in [2.05, 4.69) is 26.1 Å². The Bertz CT molecular complexity index is 258. The first-order chi connectivity index (χ1) is 8.00. The summed E-state index contributed by atoms with van der Waals surface area (Å²) in [7, 11) is 0. The molecule has 1 aliphatic rings. The lowest BCUT2D eigenvalue weighted by atomic mass is 9.96. The molecule has 1 fully saturated rings. The van der Waals surface area contributed by atoms with Crippen LogP contribution < -0.4 is 11.1 Å². The average molecular weight is 258 g/mol. The second-order valence-electron chi connectivity index (χ2n) is 5.33. The van der Waals surface area contributed by atoms with Gasteiger partial charge in [0.2, 0.25) is 5.91 Å². The van der Waals surface area contributed by atoms with Crippen molar-refractivity contribution in [1.29, 1.82) is 0 Å². The van der Waals surface area contributed by atoms with Crippen LogP contribution in [-0.2, 0) is 4.79 Å². The summed E-state index contributed by atoms with van der Waals surface area (Å²) in [5.41, 5.74) is 5.14. The number of nitrogens with two attached hydrogens (primary N) is 1. The normalized spacial score (nSPS) is 28.8. The van der Waals surface area contributed by atoms with E-state index in [1.807, 2.05) is 11.8 Å². The van der Waals surface area contributed by atoms with Gasteiger partial charge in [0, 0.05) is 11.3 Å². The molecule has 3 nitrogen and oxygen atoms in total. The van der Waals surface area contributed by atoms with Crippen LogP contribution in [0.5, 0.6) is 0 Å². The first-order valence-electron chi connectivity index (χ1n) is 6.69. The zero-order valence-electron chi connectivity index (χ0n) is 11.3. The van der Waals surface area contributed by atoms with Gasteiger partial charge in [-0.15, -0.1) is 0 Å². The Labute approximate surface area is 109 Å².